The number of carboxylic acid groups (broad SMARTS) is 1. The first-order valence-corrected chi connectivity index (χ1v) is 12.3. The molecule has 1 amide bonds. The summed E-state index contributed by atoms with van der Waals surface area (Å²) >= 11 is 0. The van der Waals surface area contributed by atoms with Gasteiger partial charge in [-0.15, -0.1) is 0 Å². The number of carboxylic acids is 1. The highest BCUT2D eigenvalue weighted by molar-refractivity contribution is 5.78. The maximum atomic E-state index is 13.6. The van der Waals surface area contributed by atoms with Gasteiger partial charge < -0.3 is 19.5 Å². The van der Waals surface area contributed by atoms with Crippen molar-refractivity contribution in [3.05, 3.63) is 101 Å². The minimum absolute atomic E-state index is 0.117. The van der Waals surface area contributed by atoms with Crippen molar-refractivity contribution < 1.29 is 33.0 Å². The van der Waals surface area contributed by atoms with Crippen molar-refractivity contribution in [1.29, 1.82) is 0 Å². The number of benzene rings is 3. The fourth-order valence-corrected chi connectivity index (χ4v) is 4.58. The Bertz CT molecular complexity index is 1170. The number of carbonyl (C=O) groups is 2. The van der Waals surface area contributed by atoms with Gasteiger partial charge in [-0.25, -0.2) is 13.6 Å². The normalized spacial score (nSPS) is 14.9. The zero-order chi connectivity index (χ0) is 27.1. The molecule has 0 saturated carbocycles. The van der Waals surface area contributed by atoms with E-state index in [2.05, 4.69) is 4.90 Å². The zero-order valence-electron chi connectivity index (χ0n) is 21.1. The molecule has 1 fully saturated rings. The molecule has 3 aromatic rings. The van der Waals surface area contributed by atoms with Crippen LogP contribution in [0.1, 0.15) is 22.7 Å². The summed E-state index contributed by atoms with van der Waals surface area (Å²) in [6, 6.07) is 19.3. The standard InChI is InChI=1S/C29H30F2N2O5/c1-37-26(29(35)36)18-20-2-12-25(13-3-20)38-19-27(34)32-14-16-33(17-15-32)28(21-4-8-23(30)9-5-21)22-6-10-24(31)11-7-22/h2-13,26,28H,14-19H2,1H3,(H,35,36). The number of nitrogens with zero attached hydrogens (tertiary/aromatic N) is 2. The molecule has 0 aromatic heterocycles. The molecule has 38 heavy (non-hydrogen) atoms. The first-order chi connectivity index (χ1) is 18.3. The van der Waals surface area contributed by atoms with Crippen LogP contribution in [0.15, 0.2) is 72.8 Å². The minimum atomic E-state index is -1.03. The molecule has 3 aromatic carbocycles. The van der Waals surface area contributed by atoms with E-state index in [0.717, 1.165) is 16.7 Å². The molecule has 1 unspecified atom stereocenters. The van der Waals surface area contributed by atoms with Crippen molar-refractivity contribution >= 4 is 11.9 Å². The summed E-state index contributed by atoms with van der Waals surface area (Å²) in [5.41, 5.74) is 2.57. The second-order valence-electron chi connectivity index (χ2n) is 9.12. The highest BCUT2D eigenvalue weighted by Gasteiger charge is 2.28. The molecule has 0 radical (unpaired) electrons. The van der Waals surface area contributed by atoms with Crippen LogP contribution in [0.25, 0.3) is 0 Å². The Balaban J connectivity index is 1.33. The molecule has 1 atom stereocenters. The topological polar surface area (TPSA) is 79.3 Å². The van der Waals surface area contributed by atoms with E-state index in [1.54, 1.807) is 53.4 Å². The third kappa shape index (κ3) is 6.93. The number of rotatable bonds is 10. The van der Waals surface area contributed by atoms with Crippen LogP contribution in [0.5, 0.6) is 5.75 Å². The van der Waals surface area contributed by atoms with E-state index in [9.17, 15) is 18.4 Å². The Hall–Kier alpha value is -3.82. The fraction of sp³-hybridized carbons (Fsp3) is 0.310. The number of aliphatic carboxylic acids is 1. The Morgan fingerprint density at radius 3 is 1.84 bits per heavy atom. The molecule has 0 bridgehead atoms. The van der Waals surface area contributed by atoms with Gasteiger partial charge in [-0.1, -0.05) is 36.4 Å². The average molecular weight is 525 g/mol. The monoisotopic (exact) mass is 524 g/mol. The lowest BCUT2D eigenvalue weighted by atomic mass is 9.96. The van der Waals surface area contributed by atoms with Crippen LogP contribution in [-0.2, 0) is 20.7 Å². The molecule has 200 valence electrons. The second-order valence-corrected chi connectivity index (χ2v) is 9.12. The first-order valence-electron chi connectivity index (χ1n) is 12.3. The van der Waals surface area contributed by atoms with Gasteiger partial charge in [-0.2, -0.15) is 0 Å². The molecule has 1 aliphatic rings. The van der Waals surface area contributed by atoms with Gasteiger partial charge in [0, 0.05) is 39.7 Å². The summed E-state index contributed by atoms with van der Waals surface area (Å²) in [7, 11) is 1.35. The first kappa shape index (κ1) is 27.2. The van der Waals surface area contributed by atoms with E-state index >= 15 is 0 Å². The van der Waals surface area contributed by atoms with Gasteiger partial charge in [0.15, 0.2) is 12.7 Å². The number of hydrogen-bond donors (Lipinski definition) is 1. The molecule has 9 heteroatoms. The third-order valence-electron chi connectivity index (χ3n) is 6.67. The maximum absolute atomic E-state index is 13.6. The van der Waals surface area contributed by atoms with Crippen molar-refractivity contribution in [1.82, 2.24) is 9.80 Å². The number of methoxy groups -OCH3 is 1. The SMILES string of the molecule is COC(Cc1ccc(OCC(=O)N2CCN(C(c3ccc(F)cc3)c3ccc(F)cc3)CC2)cc1)C(=O)O. The van der Waals surface area contributed by atoms with Crippen molar-refractivity contribution in [3.8, 4) is 5.75 Å². The summed E-state index contributed by atoms with van der Waals surface area (Å²) in [6.07, 6.45) is -0.695. The molecule has 7 nitrogen and oxygen atoms in total. The fourth-order valence-electron chi connectivity index (χ4n) is 4.58. The molecule has 0 aliphatic carbocycles. The molecule has 1 heterocycles. The van der Waals surface area contributed by atoms with E-state index in [4.69, 9.17) is 14.6 Å². The van der Waals surface area contributed by atoms with Gasteiger partial charge in [0.1, 0.15) is 17.4 Å². The Morgan fingerprint density at radius 1 is 0.842 bits per heavy atom. The number of amides is 1. The van der Waals surface area contributed by atoms with E-state index in [0.29, 0.717) is 31.9 Å². The van der Waals surface area contributed by atoms with Crippen LogP contribution in [0.3, 0.4) is 0 Å². The zero-order valence-corrected chi connectivity index (χ0v) is 21.1. The van der Waals surface area contributed by atoms with Gasteiger partial charge in [-0.3, -0.25) is 9.69 Å². The molecule has 1 N–H and O–H groups in total. The number of carbonyl (C=O) groups excluding carboxylic acids is 1. The maximum Gasteiger partial charge on any atom is 0.333 e. The van der Waals surface area contributed by atoms with Crippen molar-refractivity contribution in [2.24, 2.45) is 0 Å². The quantitative estimate of drug-likeness (QED) is 0.433. The largest absolute Gasteiger partial charge is 0.484 e. The summed E-state index contributed by atoms with van der Waals surface area (Å²) in [6.45, 7) is 2.05. The minimum Gasteiger partial charge on any atom is -0.484 e. The molecule has 0 spiro atoms. The number of ether oxygens (including phenoxy) is 2. The summed E-state index contributed by atoms with van der Waals surface area (Å²) in [5.74, 6) is -1.30. The summed E-state index contributed by atoms with van der Waals surface area (Å²) in [5, 5.41) is 9.12. The van der Waals surface area contributed by atoms with Crippen LogP contribution < -0.4 is 4.74 Å². The summed E-state index contributed by atoms with van der Waals surface area (Å²) < 4.78 is 37.7. The van der Waals surface area contributed by atoms with Gasteiger partial charge in [0.2, 0.25) is 0 Å². The van der Waals surface area contributed by atoms with Crippen LogP contribution in [0, 0.1) is 11.6 Å². The molecule has 1 aliphatic heterocycles. The van der Waals surface area contributed by atoms with Crippen LogP contribution in [-0.4, -0.2) is 72.8 Å². The second kappa shape index (κ2) is 12.6. The molecule has 4 rings (SSSR count). The van der Waals surface area contributed by atoms with E-state index in [1.165, 1.54) is 31.4 Å². The van der Waals surface area contributed by atoms with E-state index < -0.39 is 12.1 Å². The highest BCUT2D eigenvalue weighted by atomic mass is 19.1. The molecular formula is C29H30F2N2O5. The summed E-state index contributed by atoms with van der Waals surface area (Å²) in [4.78, 5) is 27.9. The van der Waals surface area contributed by atoms with Gasteiger partial charge in [0.05, 0.1) is 6.04 Å². The van der Waals surface area contributed by atoms with Gasteiger partial charge >= 0.3 is 5.97 Å². The van der Waals surface area contributed by atoms with E-state index in [1.807, 2.05) is 0 Å². The average Bonchev–Trinajstić information content (AvgIpc) is 2.93. The third-order valence-corrected chi connectivity index (χ3v) is 6.67. The Morgan fingerprint density at radius 2 is 1.37 bits per heavy atom. The highest BCUT2D eigenvalue weighted by Crippen LogP contribution is 2.30. The Labute approximate surface area is 220 Å². The van der Waals surface area contributed by atoms with Gasteiger partial charge in [0.25, 0.3) is 5.91 Å². The van der Waals surface area contributed by atoms with Crippen molar-refractivity contribution in [3.63, 3.8) is 0 Å². The number of halogens is 2. The predicted molar refractivity (Wildman–Crippen MR) is 137 cm³/mol. The van der Waals surface area contributed by atoms with Crippen LogP contribution in [0.2, 0.25) is 0 Å². The lowest BCUT2D eigenvalue weighted by molar-refractivity contribution is -0.148. The number of piperazine rings is 1. The van der Waals surface area contributed by atoms with Crippen LogP contribution >= 0.6 is 0 Å². The number of hydrogen-bond acceptors (Lipinski definition) is 5. The molecular weight excluding hydrogens is 494 g/mol. The lowest BCUT2D eigenvalue weighted by Crippen LogP contribution is -2.51. The van der Waals surface area contributed by atoms with Crippen molar-refractivity contribution in [2.75, 3.05) is 39.9 Å². The van der Waals surface area contributed by atoms with Crippen LogP contribution in [0.4, 0.5) is 8.78 Å². The smallest absolute Gasteiger partial charge is 0.333 e. The lowest BCUT2D eigenvalue weighted by Gasteiger charge is -2.39. The van der Waals surface area contributed by atoms with Gasteiger partial charge in [-0.05, 0) is 53.1 Å². The van der Waals surface area contributed by atoms with E-state index in [-0.39, 0.29) is 36.6 Å². The Kier molecular flexibility index (Phi) is 9.04. The molecule has 1 saturated heterocycles. The predicted octanol–water partition coefficient (Wildman–Crippen LogP) is 3.92. The van der Waals surface area contributed by atoms with Crippen molar-refractivity contribution in [2.45, 2.75) is 18.6 Å².